The van der Waals surface area contributed by atoms with Crippen LogP contribution in [0.5, 0.6) is 5.75 Å². The first-order valence-electron chi connectivity index (χ1n) is 5.05. The fourth-order valence-electron chi connectivity index (χ4n) is 1.19. The molecule has 0 unspecified atom stereocenters. The molecular weight excluding hydrogens is 190 g/mol. The smallest absolute Gasteiger partial charge is 0.149 e. The Bertz CT molecular complexity index is 347. The lowest BCUT2D eigenvalue weighted by Gasteiger charge is -2.07. The molecule has 0 amide bonds. The number of carbonyl (C=O) groups excluding carboxylic acids is 1. The van der Waals surface area contributed by atoms with Gasteiger partial charge < -0.3 is 10.5 Å². The van der Waals surface area contributed by atoms with Gasteiger partial charge in [-0.15, -0.1) is 0 Å². The van der Waals surface area contributed by atoms with E-state index in [9.17, 15) is 4.79 Å². The zero-order valence-electron chi connectivity index (χ0n) is 9.25. The Labute approximate surface area is 90.2 Å². The van der Waals surface area contributed by atoms with Crippen LogP contribution in [-0.4, -0.2) is 18.9 Å². The van der Waals surface area contributed by atoms with Crippen LogP contribution in [0.2, 0.25) is 0 Å². The van der Waals surface area contributed by atoms with Gasteiger partial charge in [-0.2, -0.15) is 0 Å². The Morgan fingerprint density at radius 1 is 1.33 bits per heavy atom. The Balaban J connectivity index is 2.44. The number of hydrogen-bond donors (Lipinski definition) is 1. The van der Waals surface area contributed by atoms with Gasteiger partial charge >= 0.3 is 0 Å². The zero-order valence-corrected chi connectivity index (χ0v) is 9.25. The first kappa shape index (κ1) is 11.7. The van der Waals surface area contributed by atoms with E-state index in [0.717, 1.165) is 5.75 Å². The minimum atomic E-state index is 0.0267. The van der Waals surface area contributed by atoms with E-state index >= 15 is 0 Å². The van der Waals surface area contributed by atoms with Gasteiger partial charge in [-0.25, -0.2) is 0 Å². The molecule has 0 bridgehead atoms. The monoisotopic (exact) mass is 207 g/mol. The highest BCUT2D eigenvalue weighted by Gasteiger charge is 2.00. The fourth-order valence-corrected chi connectivity index (χ4v) is 1.19. The Hall–Kier alpha value is -1.35. The molecule has 0 aromatic heterocycles. The first-order chi connectivity index (χ1) is 7.13. The molecule has 0 aliphatic carbocycles. The van der Waals surface area contributed by atoms with Crippen molar-refractivity contribution in [1.29, 1.82) is 0 Å². The van der Waals surface area contributed by atoms with Gasteiger partial charge in [0.2, 0.25) is 0 Å². The number of rotatable bonds is 5. The summed E-state index contributed by atoms with van der Waals surface area (Å²) in [4.78, 5) is 10.9. The van der Waals surface area contributed by atoms with Crippen molar-refractivity contribution in [2.45, 2.75) is 20.3 Å². The predicted octanol–water partition coefficient (Wildman–Crippen LogP) is 1.60. The van der Waals surface area contributed by atoms with Crippen LogP contribution in [-0.2, 0) is 4.79 Å². The molecule has 1 aromatic carbocycles. The third-order valence-corrected chi connectivity index (χ3v) is 2.36. The van der Waals surface area contributed by atoms with Crippen LogP contribution in [0.4, 0.5) is 0 Å². The zero-order chi connectivity index (χ0) is 11.3. The van der Waals surface area contributed by atoms with E-state index in [1.54, 1.807) is 0 Å². The van der Waals surface area contributed by atoms with Crippen molar-refractivity contribution in [2.75, 3.05) is 13.2 Å². The van der Waals surface area contributed by atoms with Crippen molar-refractivity contribution in [2.24, 2.45) is 5.73 Å². The van der Waals surface area contributed by atoms with Crippen molar-refractivity contribution < 1.29 is 9.53 Å². The van der Waals surface area contributed by atoms with Crippen LogP contribution >= 0.6 is 0 Å². The molecule has 3 nitrogen and oxygen atoms in total. The number of carbonyl (C=O) groups is 1. The molecule has 0 saturated heterocycles. The molecule has 0 radical (unpaired) electrons. The third kappa shape index (κ3) is 3.72. The van der Waals surface area contributed by atoms with E-state index in [2.05, 4.69) is 6.92 Å². The lowest BCUT2D eigenvalue weighted by Crippen LogP contribution is -2.16. The van der Waals surface area contributed by atoms with Gasteiger partial charge in [-0.05, 0) is 37.1 Å². The Morgan fingerprint density at radius 3 is 2.67 bits per heavy atom. The van der Waals surface area contributed by atoms with Crippen molar-refractivity contribution in [3.63, 3.8) is 0 Å². The van der Waals surface area contributed by atoms with Crippen molar-refractivity contribution in [3.8, 4) is 5.75 Å². The quantitative estimate of drug-likeness (QED) is 0.797. The number of hydrogen-bond acceptors (Lipinski definition) is 3. The maximum Gasteiger partial charge on any atom is 0.149 e. The standard InChI is InChI=1S/C12H17NO2/c1-9-3-4-12(7-10(9)2)15-6-5-11(14)8-13/h3-4,7H,5-6,8,13H2,1-2H3. The molecule has 0 heterocycles. The van der Waals surface area contributed by atoms with Gasteiger partial charge in [0.25, 0.3) is 0 Å². The second kappa shape index (κ2) is 5.51. The molecule has 82 valence electrons. The van der Waals surface area contributed by atoms with Crippen molar-refractivity contribution in [1.82, 2.24) is 0 Å². The SMILES string of the molecule is Cc1ccc(OCCC(=O)CN)cc1C. The highest BCUT2D eigenvalue weighted by molar-refractivity contribution is 5.80. The summed E-state index contributed by atoms with van der Waals surface area (Å²) in [6, 6.07) is 5.90. The summed E-state index contributed by atoms with van der Waals surface area (Å²) in [7, 11) is 0. The molecular formula is C12H17NO2. The highest BCUT2D eigenvalue weighted by atomic mass is 16.5. The number of nitrogens with two attached hydrogens (primary N) is 1. The van der Waals surface area contributed by atoms with Crippen molar-refractivity contribution in [3.05, 3.63) is 29.3 Å². The molecule has 3 heteroatoms. The number of aryl methyl sites for hydroxylation is 2. The fraction of sp³-hybridized carbons (Fsp3) is 0.417. The molecule has 0 saturated carbocycles. The van der Waals surface area contributed by atoms with Crippen LogP contribution < -0.4 is 10.5 Å². The first-order valence-corrected chi connectivity index (χ1v) is 5.05. The molecule has 0 spiro atoms. The van der Waals surface area contributed by atoms with Gasteiger partial charge in [0.15, 0.2) is 0 Å². The van der Waals surface area contributed by atoms with Gasteiger partial charge in [-0.3, -0.25) is 4.79 Å². The maximum absolute atomic E-state index is 10.9. The molecule has 0 aliphatic rings. The topological polar surface area (TPSA) is 52.3 Å². The van der Waals surface area contributed by atoms with Gasteiger partial charge in [0.1, 0.15) is 11.5 Å². The van der Waals surface area contributed by atoms with Crippen LogP contribution in [0.1, 0.15) is 17.5 Å². The van der Waals surface area contributed by atoms with Gasteiger partial charge in [-0.1, -0.05) is 6.07 Å². The number of ether oxygens (including phenoxy) is 1. The van der Waals surface area contributed by atoms with E-state index in [1.165, 1.54) is 11.1 Å². The predicted molar refractivity (Wildman–Crippen MR) is 60.1 cm³/mol. The number of benzene rings is 1. The molecule has 1 rings (SSSR count). The molecule has 1 aromatic rings. The van der Waals surface area contributed by atoms with Gasteiger partial charge in [0, 0.05) is 6.42 Å². The summed E-state index contributed by atoms with van der Waals surface area (Å²) >= 11 is 0. The minimum Gasteiger partial charge on any atom is -0.493 e. The van der Waals surface area contributed by atoms with E-state index in [0.29, 0.717) is 13.0 Å². The summed E-state index contributed by atoms with van der Waals surface area (Å²) in [6.07, 6.45) is 0.378. The number of Topliss-reactive ketones (excluding diaryl/α,β-unsaturated/α-hetero) is 1. The van der Waals surface area contributed by atoms with Crippen LogP contribution in [0.3, 0.4) is 0 Å². The number of ketones is 1. The second-order valence-electron chi connectivity index (χ2n) is 3.59. The Kier molecular flexibility index (Phi) is 4.31. The van der Waals surface area contributed by atoms with Gasteiger partial charge in [0.05, 0.1) is 13.2 Å². The Morgan fingerprint density at radius 2 is 2.07 bits per heavy atom. The van der Waals surface area contributed by atoms with Crippen molar-refractivity contribution >= 4 is 5.78 Å². The third-order valence-electron chi connectivity index (χ3n) is 2.36. The largest absolute Gasteiger partial charge is 0.493 e. The average molecular weight is 207 g/mol. The molecule has 0 atom stereocenters. The minimum absolute atomic E-state index is 0.0267. The second-order valence-corrected chi connectivity index (χ2v) is 3.59. The maximum atomic E-state index is 10.9. The van der Waals surface area contributed by atoms with E-state index < -0.39 is 0 Å². The summed E-state index contributed by atoms with van der Waals surface area (Å²) in [5.41, 5.74) is 7.62. The van der Waals surface area contributed by atoms with E-state index in [-0.39, 0.29) is 12.3 Å². The average Bonchev–Trinajstić information content (AvgIpc) is 2.23. The van der Waals surface area contributed by atoms with E-state index in [4.69, 9.17) is 10.5 Å². The molecule has 0 aliphatic heterocycles. The summed E-state index contributed by atoms with van der Waals surface area (Å²) in [5, 5.41) is 0. The molecule has 0 fully saturated rings. The highest BCUT2D eigenvalue weighted by Crippen LogP contribution is 2.16. The summed E-state index contributed by atoms with van der Waals surface area (Å²) in [5.74, 6) is 0.835. The lowest BCUT2D eigenvalue weighted by atomic mass is 10.1. The normalized spacial score (nSPS) is 10.1. The summed E-state index contributed by atoms with van der Waals surface area (Å²) in [6.45, 7) is 4.58. The molecule has 15 heavy (non-hydrogen) atoms. The van der Waals surface area contributed by atoms with E-state index in [1.807, 2.05) is 25.1 Å². The van der Waals surface area contributed by atoms with Crippen LogP contribution in [0.25, 0.3) is 0 Å². The molecule has 2 N–H and O–H groups in total. The summed E-state index contributed by atoms with van der Waals surface area (Å²) < 4.78 is 5.44. The van der Waals surface area contributed by atoms with Crippen LogP contribution in [0.15, 0.2) is 18.2 Å². The lowest BCUT2D eigenvalue weighted by molar-refractivity contribution is -0.118. The van der Waals surface area contributed by atoms with Crippen LogP contribution in [0, 0.1) is 13.8 Å².